The zero-order valence-electron chi connectivity index (χ0n) is 49.8. The van der Waals surface area contributed by atoms with Crippen molar-refractivity contribution in [3.63, 3.8) is 0 Å². The fourth-order valence-electron chi connectivity index (χ4n) is 9.62. The first-order chi connectivity index (χ1) is 39.1. The van der Waals surface area contributed by atoms with Gasteiger partial charge in [0.2, 0.25) is 0 Å². The Kier molecular flexibility index (Phi) is 47.4. The molecule has 7 N–H and O–H groups in total. The van der Waals surface area contributed by atoms with Gasteiger partial charge in [0, 0.05) is 13.0 Å². The molecule has 11 atom stereocenters. The lowest BCUT2D eigenvalue weighted by atomic mass is 9.98. The van der Waals surface area contributed by atoms with Gasteiger partial charge in [0.25, 0.3) is 0 Å². The van der Waals surface area contributed by atoms with Crippen molar-refractivity contribution in [2.45, 2.75) is 293 Å². The van der Waals surface area contributed by atoms with E-state index in [1.54, 1.807) is 0 Å². The highest BCUT2D eigenvalue weighted by Gasteiger charge is 2.47. The van der Waals surface area contributed by atoms with Crippen LogP contribution in [0.1, 0.15) is 226 Å². The Morgan fingerprint density at radius 2 is 0.812 bits per heavy atom. The van der Waals surface area contributed by atoms with E-state index in [9.17, 15) is 40.5 Å². The van der Waals surface area contributed by atoms with Crippen LogP contribution in [0, 0.1) is 0 Å². The largest absolute Gasteiger partial charge is 0.457 e. The second-order valence-corrected chi connectivity index (χ2v) is 21.9. The summed E-state index contributed by atoms with van der Waals surface area (Å²) >= 11 is 0. The lowest BCUT2D eigenvalue weighted by Crippen LogP contribution is -2.61. The lowest BCUT2D eigenvalue weighted by molar-refractivity contribution is -0.332. The summed E-state index contributed by atoms with van der Waals surface area (Å²) in [5.74, 6) is -0.407. The van der Waals surface area contributed by atoms with Crippen LogP contribution >= 0.6 is 0 Å². The molecule has 80 heavy (non-hydrogen) atoms. The van der Waals surface area contributed by atoms with E-state index < -0.39 is 86.7 Å². The van der Waals surface area contributed by atoms with Gasteiger partial charge in [-0.2, -0.15) is 0 Å². The Balaban J connectivity index is 1.71. The quantitative estimate of drug-likeness (QED) is 0.0172. The third-order valence-electron chi connectivity index (χ3n) is 14.7. The number of carbonyl (C=O) groups is 1. The van der Waals surface area contributed by atoms with Crippen LogP contribution in [0.25, 0.3) is 0 Å². The molecule has 14 nitrogen and oxygen atoms in total. The summed E-state index contributed by atoms with van der Waals surface area (Å²) in [6.45, 7) is 3.56. The van der Waals surface area contributed by atoms with Crippen LogP contribution in [0.5, 0.6) is 0 Å². The Bertz CT molecular complexity index is 1640. The maximum absolute atomic E-state index is 13.1. The van der Waals surface area contributed by atoms with E-state index in [1.165, 1.54) is 116 Å². The van der Waals surface area contributed by atoms with Crippen LogP contribution in [0.4, 0.5) is 0 Å². The van der Waals surface area contributed by atoms with Gasteiger partial charge in [-0.1, -0.05) is 234 Å². The number of allylic oxidation sites excluding steroid dienone is 14. The van der Waals surface area contributed by atoms with E-state index in [0.29, 0.717) is 13.0 Å². The Hall–Kier alpha value is -2.83. The number of hydrogen-bond acceptors (Lipinski definition) is 14. The molecule has 0 radical (unpaired) electrons. The van der Waals surface area contributed by atoms with E-state index in [-0.39, 0.29) is 19.6 Å². The fourth-order valence-corrected chi connectivity index (χ4v) is 9.62. The molecule has 2 fully saturated rings. The molecule has 0 bridgehead atoms. The molecule has 0 aromatic carbocycles. The molecule has 2 aliphatic rings. The van der Waals surface area contributed by atoms with Crippen molar-refractivity contribution in [3.05, 3.63) is 85.1 Å². The number of aliphatic hydroxyl groups is 7. The highest BCUT2D eigenvalue weighted by atomic mass is 16.7. The minimum Gasteiger partial charge on any atom is -0.457 e. The molecule has 2 aliphatic heterocycles. The summed E-state index contributed by atoms with van der Waals surface area (Å²) in [6, 6.07) is 0. The molecule has 2 saturated heterocycles. The molecule has 11 unspecified atom stereocenters. The van der Waals surface area contributed by atoms with E-state index in [0.717, 1.165) is 83.5 Å². The van der Waals surface area contributed by atoms with E-state index in [4.69, 9.17) is 28.4 Å². The van der Waals surface area contributed by atoms with Crippen molar-refractivity contribution < 1.29 is 69.0 Å². The lowest BCUT2D eigenvalue weighted by Gasteiger charge is -2.42. The Labute approximate surface area is 484 Å². The van der Waals surface area contributed by atoms with E-state index in [2.05, 4.69) is 98.9 Å². The van der Waals surface area contributed by atoms with Crippen molar-refractivity contribution in [1.29, 1.82) is 0 Å². The predicted octanol–water partition coefficient (Wildman–Crippen LogP) is 12.4. The summed E-state index contributed by atoms with van der Waals surface area (Å²) in [6.07, 6.45) is 52.2. The van der Waals surface area contributed by atoms with Gasteiger partial charge in [0.05, 0.1) is 26.4 Å². The molecule has 0 spiro atoms. The van der Waals surface area contributed by atoms with E-state index >= 15 is 0 Å². The topological polar surface area (TPSA) is 214 Å². The number of rotatable bonds is 51. The molecule has 2 rings (SSSR count). The maximum Gasteiger partial charge on any atom is 0.306 e. The van der Waals surface area contributed by atoms with Crippen LogP contribution in [-0.4, -0.2) is 142 Å². The molecule has 462 valence electrons. The summed E-state index contributed by atoms with van der Waals surface area (Å²) in [4.78, 5) is 13.1. The molecule has 0 aromatic heterocycles. The Morgan fingerprint density at radius 3 is 1.26 bits per heavy atom. The summed E-state index contributed by atoms with van der Waals surface area (Å²) in [7, 11) is 0. The number of unbranched alkanes of at least 4 members (excludes halogenated alkanes) is 23. The zero-order chi connectivity index (χ0) is 57.9. The van der Waals surface area contributed by atoms with Crippen molar-refractivity contribution in [2.24, 2.45) is 0 Å². The maximum atomic E-state index is 13.1. The van der Waals surface area contributed by atoms with Crippen molar-refractivity contribution >= 4 is 5.97 Å². The first-order valence-corrected chi connectivity index (χ1v) is 31.7. The van der Waals surface area contributed by atoms with Gasteiger partial charge >= 0.3 is 5.97 Å². The van der Waals surface area contributed by atoms with Crippen LogP contribution < -0.4 is 0 Å². The third kappa shape index (κ3) is 37.4. The van der Waals surface area contributed by atoms with Gasteiger partial charge in [-0.3, -0.25) is 4.79 Å². The Morgan fingerprint density at radius 1 is 0.425 bits per heavy atom. The van der Waals surface area contributed by atoms with Crippen LogP contribution in [0.15, 0.2) is 85.1 Å². The molecular weight excluding hydrogens is 1020 g/mol. The first-order valence-electron chi connectivity index (χ1n) is 31.7. The number of hydrogen-bond donors (Lipinski definition) is 7. The van der Waals surface area contributed by atoms with Crippen molar-refractivity contribution in [2.75, 3.05) is 33.0 Å². The zero-order valence-corrected chi connectivity index (χ0v) is 49.8. The van der Waals surface area contributed by atoms with Gasteiger partial charge < -0.3 is 64.2 Å². The number of aliphatic hydroxyl groups excluding tert-OH is 7. The van der Waals surface area contributed by atoms with Gasteiger partial charge in [-0.05, 0) is 70.6 Å². The smallest absolute Gasteiger partial charge is 0.306 e. The minimum atomic E-state index is -1.72. The third-order valence-corrected chi connectivity index (χ3v) is 14.7. The molecule has 0 aliphatic carbocycles. The second-order valence-electron chi connectivity index (χ2n) is 21.9. The fraction of sp³-hybridized carbons (Fsp3) is 0.773. The average molecular weight is 1130 g/mol. The molecule has 0 amide bonds. The number of ether oxygens (including phenoxy) is 6. The van der Waals surface area contributed by atoms with E-state index in [1.807, 2.05) is 0 Å². The molecular formula is C66H114O14. The summed E-state index contributed by atoms with van der Waals surface area (Å²) < 4.78 is 34.4. The van der Waals surface area contributed by atoms with Crippen molar-refractivity contribution in [1.82, 2.24) is 0 Å². The predicted molar refractivity (Wildman–Crippen MR) is 321 cm³/mol. The monoisotopic (exact) mass is 1130 g/mol. The summed E-state index contributed by atoms with van der Waals surface area (Å²) in [5, 5.41) is 72.5. The highest BCUT2D eigenvalue weighted by Crippen LogP contribution is 2.27. The SMILES string of the molecule is CC/C=C\C/C=C\C/C=C\C/C=C\C/C=C\C/C=C\C/C=C\CCCCCC(=O)OC(COCCCCCCCCCCCCCCCCCCCCCCC)COC1OC(COC2OC(CO)C(O)C(O)C2O)C(O)C(O)C1O. The van der Waals surface area contributed by atoms with Gasteiger partial charge in [0.15, 0.2) is 12.6 Å². The molecule has 0 aromatic rings. The standard InChI is InChI=1S/C66H114O14/c1-3-5-7-9-11-13-15-17-19-21-23-25-26-27-28-29-31-33-35-37-39-41-43-45-47-49-58(68)78-55(52-75-50-48-46-44-42-40-38-36-34-32-30-24-22-20-18-16-14-12-10-8-6-4-2)53-76-65-64(74)62(72)60(70)57(80-65)54-77-66-63(73)61(71)59(69)56(51-67)79-66/h5,7,11,13,17,19,23,25,27-28,31,33,37,39,55-57,59-67,69-74H,3-4,6,8-10,12,14-16,18,20-22,24,26,29-30,32,34-36,38,40-54H2,1-2H3/b7-5-,13-11-,19-17-,25-23-,28-27-,33-31-,39-37-. The van der Waals surface area contributed by atoms with Gasteiger partial charge in [-0.25, -0.2) is 0 Å². The van der Waals surface area contributed by atoms with Gasteiger partial charge in [0.1, 0.15) is 54.9 Å². The molecule has 0 saturated carbocycles. The molecule has 2 heterocycles. The molecule has 14 heteroatoms. The minimum absolute atomic E-state index is 0.0458. The van der Waals surface area contributed by atoms with Crippen LogP contribution in [-0.2, 0) is 33.2 Å². The van der Waals surface area contributed by atoms with Crippen molar-refractivity contribution in [3.8, 4) is 0 Å². The van der Waals surface area contributed by atoms with Crippen LogP contribution in [0.2, 0.25) is 0 Å². The first kappa shape index (κ1) is 73.3. The average Bonchev–Trinajstić information content (AvgIpc) is 3.52. The second kappa shape index (κ2) is 51.8. The highest BCUT2D eigenvalue weighted by molar-refractivity contribution is 5.69. The number of esters is 1. The summed E-state index contributed by atoms with van der Waals surface area (Å²) in [5.41, 5.74) is 0. The van der Waals surface area contributed by atoms with Gasteiger partial charge in [-0.15, -0.1) is 0 Å². The normalized spacial score (nSPS) is 24.4. The van der Waals surface area contributed by atoms with Crippen LogP contribution in [0.3, 0.4) is 0 Å². The number of carbonyl (C=O) groups excluding carboxylic acids is 1.